The van der Waals surface area contributed by atoms with E-state index in [1.165, 1.54) is 11.4 Å². The van der Waals surface area contributed by atoms with E-state index in [9.17, 15) is 4.79 Å². The summed E-state index contributed by atoms with van der Waals surface area (Å²) in [7, 11) is 8.14. The molecule has 1 aromatic heterocycles. The van der Waals surface area contributed by atoms with Crippen molar-refractivity contribution in [3.05, 3.63) is 53.3 Å². The lowest BCUT2D eigenvalue weighted by Crippen LogP contribution is -2.33. The largest absolute Gasteiger partial charge is 0.341 e. The van der Waals surface area contributed by atoms with Gasteiger partial charge in [0.25, 0.3) is 5.91 Å². The average molecular weight is 369 g/mol. The number of benzene rings is 1. The fourth-order valence-electron chi connectivity index (χ4n) is 4.11. The van der Waals surface area contributed by atoms with Crippen LogP contribution >= 0.6 is 0 Å². The van der Waals surface area contributed by atoms with Gasteiger partial charge in [0.15, 0.2) is 0 Å². The fourth-order valence-corrected chi connectivity index (χ4v) is 4.11. The molecule has 5 nitrogen and oxygen atoms in total. The van der Waals surface area contributed by atoms with Gasteiger partial charge in [-0.1, -0.05) is 18.2 Å². The van der Waals surface area contributed by atoms with E-state index >= 15 is 0 Å². The quantitative estimate of drug-likeness (QED) is 0.783. The minimum atomic E-state index is 0.121. The highest BCUT2D eigenvalue weighted by Crippen LogP contribution is 2.35. The van der Waals surface area contributed by atoms with Crippen LogP contribution in [0.4, 0.5) is 0 Å². The summed E-state index contributed by atoms with van der Waals surface area (Å²) in [5, 5.41) is 4.77. The summed E-state index contributed by atoms with van der Waals surface area (Å²) in [6.07, 6.45) is 4.65. The van der Waals surface area contributed by atoms with Crippen LogP contribution in [0, 0.1) is 5.92 Å². The van der Waals surface area contributed by atoms with Crippen LogP contribution < -0.4 is 0 Å². The summed E-state index contributed by atoms with van der Waals surface area (Å²) in [6, 6.07) is 11.8. The second-order valence-electron chi connectivity index (χ2n) is 8.19. The number of hydrogen-bond donors (Lipinski definition) is 0. The van der Waals surface area contributed by atoms with E-state index < -0.39 is 0 Å². The molecule has 1 aliphatic rings. The molecule has 1 aromatic carbocycles. The molecule has 27 heavy (non-hydrogen) atoms. The van der Waals surface area contributed by atoms with Gasteiger partial charge in [-0.25, -0.2) is 0 Å². The number of hydrogen-bond acceptors (Lipinski definition) is 3. The highest BCUT2D eigenvalue weighted by Gasteiger charge is 2.26. The predicted molar refractivity (Wildman–Crippen MR) is 109 cm³/mol. The normalized spacial score (nSPS) is 20.0. The van der Waals surface area contributed by atoms with Crippen LogP contribution in [0.5, 0.6) is 0 Å². The molecule has 2 aromatic rings. The van der Waals surface area contributed by atoms with E-state index in [1.54, 1.807) is 0 Å². The van der Waals surface area contributed by atoms with Crippen LogP contribution in [-0.2, 0) is 13.6 Å². The van der Waals surface area contributed by atoms with Crippen molar-refractivity contribution in [2.24, 2.45) is 13.0 Å². The van der Waals surface area contributed by atoms with Gasteiger partial charge in [0.05, 0.1) is 11.4 Å². The van der Waals surface area contributed by atoms with E-state index in [0.29, 0.717) is 11.8 Å². The first kappa shape index (κ1) is 19.6. The van der Waals surface area contributed by atoms with Crippen LogP contribution in [0.3, 0.4) is 0 Å². The summed E-state index contributed by atoms with van der Waals surface area (Å²) in [5.41, 5.74) is 3.28. The summed E-state index contributed by atoms with van der Waals surface area (Å²) in [5.74, 6) is 1.26. The molecule has 0 spiro atoms. The Morgan fingerprint density at radius 1 is 1.11 bits per heavy atom. The van der Waals surface area contributed by atoms with Gasteiger partial charge in [-0.15, -0.1) is 0 Å². The lowest BCUT2D eigenvalue weighted by Gasteiger charge is -2.30. The Kier molecular flexibility index (Phi) is 6.32. The summed E-state index contributed by atoms with van der Waals surface area (Å²) < 4.78 is 2.02. The zero-order valence-corrected chi connectivity index (χ0v) is 17.1. The van der Waals surface area contributed by atoms with Gasteiger partial charge in [0.2, 0.25) is 0 Å². The number of carbonyl (C=O) groups is 1. The highest BCUT2D eigenvalue weighted by molar-refractivity contribution is 5.93. The average Bonchev–Trinajstić information content (AvgIpc) is 3.02. The van der Waals surface area contributed by atoms with E-state index in [0.717, 1.165) is 44.3 Å². The molecule has 3 rings (SSSR count). The molecular weight excluding hydrogens is 336 g/mol. The first-order valence-corrected chi connectivity index (χ1v) is 9.92. The second kappa shape index (κ2) is 8.70. The Balaban J connectivity index is 1.52. The summed E-state index contributed by atoms with van der Waals surface area (Å²) >= 11 is 0. The van der Waals surface area contributed by atoms with E-state index in [2.05, 4.69) is 25.1 Å². The Bertz CT molecular complexity index is 745. The van der Waals surface area contributed by atoms with Gasteiger partial charge >= 0.3 is 0 Å². The third kappa shape index (κ3) is 4.98. The minimum absolute atomic E-state index is 0.121. The first-order valence-electron chi connectivity index (χ1n) is 9.92. The number of carbonyl (C=O) groups excluding carboxylic acids is 1. The Morgan fingerprint density at radius 3 is 2.41 bits per heavy atom. The van der Waals surface area contributed by atoms with Gasteiger partial charge in [0, 0.05) is 38.7 Å². The fraction of sp³-hybridized carbons (Fsp3) is 0.545. The lowest BCUT2D eigenvalue weighted by atomic mass is 9.80. The molecule has 1 aliphatic carbocycles. The maximum Gasteiger partial charge on any atom is 0.253 e. The van der Waals surface area contributed by atoms with Crippen LogP contribution in [0.25, 0.3) is 0 Å². The smallest absolute Gasteiger partial charge is 0.253 e. The van der Waals surface area contributed by atoms with Crippen LogP contribution in [-0.4, -0.2) is 53.2 Å². The van der Waals surface area contributed by atoms with Crippen LogP contribution in [0.2, 0.25) is 0 Å². The van der Waals surface area contributed by atoms with Crippen molar-refractivity contribution in [2.45, 2.75) is 38.1 Å². The molecule has 146 valence electrons. The number of aromatic nitrogens is 2. The molecule has 1 saturated carbocycles. The van der Waals surface area contributed by atoms with Gasteiger partial charge < -0.3 is 9.80 Å². The zero-order chi connectivity index (χ0) is 19.4. The van der Waals surface area contributed by atoms with E-state index in [1.807, 2.05) is 54.0 Å². The molecule has 0 atom stereocenters. The standard InChI is InChI=1S/C22H32N4O/c1-24(2)16-20-14-21(23-26(20)4)18-12-10-17(11-13-18)15-25(3)22(27)19-8-6-5-7-9-19/h5-9,14,17-18H,10-13,15-16H2,1-4H3. The molecule has 1 fully saturated rings. The van der Waals surface area contributed by atoms with Crippen molar-refractivity contribution < 1.29 is 4.79 Å². The summed E-state index contributed by atoms with van der Waals surface area (Å²) in [4.78, 5) is 16.6. The molecule has 0 saturated heterocycles. The van der Waals surface area contributed by atoms with Crippen molar-refractivity contribution in [3.63, 3.8) is 0 Å². The topological polar surface area (TPSA) is 41.4 Å². The molecule has 0 aliphatic heterocycles. The number of aryl methyl sites for hydroxylation is 1. The van der Waals surface area contributed by atoms with Gasteiger partial charge in [0.1, 0.15) is 0 Å². The second-order valence-corrected chi connectivity index (χ2v) is 8.19. The molecular formula is C22H32N4O. The third-order valence-corrected chi connectivity index (χ3v) is 5.64. The van der Waals surface area contributed by atoms with Gasteiger partial charge in [-0.3, -0.25) is 9.48 Å². The monoisotopic (exact) mass is 368 g/mol. The SMILES string of the molecule is CN(C)Cc1cc(C2CCC(CN(C)C(=O)c3ccccc3)CC2)nn1C. The summed E-state index contributed by atoms with van der Waals surface area (Å²) in [6.45, 7) is 1.76. The molecule has 5 heteroatoms. The van der Waals surface area contributed by atoms with Crippen LogP contribution in [0.15, 0.2) is 36.4 Å². The van der Waals surface area contributed by atoms with Gasteiger partial charge in [-0.2, -0.15) is 5.10 Å². The minimum Gasteiger partial charge on any atom is -0.341 e. The molecule has 0 bridgehead atoms. The Hall–Kier alpha value is -2.14. The number of rotatable bonds is 6. The highest BCUT2D eigenvalue weighted by atomic mass is 16.2. The van der Waals surface area contributed by atoms with E-state index in [-0.39, 0.29) is 5.91 Å². The number of amides is 1. The first-order chi connectivity index (χ1) is 12.9. The van der Waals surface area contributed by atoms with Crippen molar-refractivity contribution in [2.75, 3.05) is 27.7 Å². The molecule has 0 radical (unpaired) electrons. The molecule has 0 unspecified atom stereocenters. The van der Waals surface area contributed by atoms with Crippen LogP contribution in [0.1, 0.15) is 53.3 Å². The maximum atomic E-state index is 12.5. The van der Waals surface area contributed by atoms with Crippen molar-refractivity contribution >= 4 is 5.91 Å². The van der Waals surface area contributed by atoms with E-state index in [4.69, 9.17) is 5.10 Å². The Morgan fingerprint density at radius 2 is 1.78 bits per heavy atom. The number of nitrogens with zero attached hydrogens (tertiary/aromatic N) is 4. The van der Waals surface area contributed by atoms with Crippen molar-refractivity contribution in [1.29, 1.82) is 0 Å². The lowest BCUT2D eigenvalue weighted by molar-refractivity contribution is 0.0758. The van der Waals surface area contributed by atoms with Crippen molar-refractivity contribution in [3.8, 4) is 0 Å². The van der Waals surface area contributed by atoms with Gasteiger partial charge in [-0.05, 0) is 63.9 Å². The molecule has 0 N–H and O–H groups in total. The van der Waals surface area contributed by atoms with Crippen molar-refractivity contribution in [1.82, 2.24) is 19.6 Å². The third-order valence-electron chi connectivity index (χ3n) is 5.64. The molecule has 1 heterocycles. The molecule has 1 amide bonds. The zero-order valence-electron chi connectivity index (χ0n) is 17.1. The maximum absolute atomic E-state index is 12.5. The predicted octanol–water partition coefficient (Wildman–Crippen LogP) is 3.53. The Labute approximate surface area is 163 Å².